The summed E-state index contributed by atoms with van der Waals surface area (Å²) in [5, 5.41) is 0.641. The Labute approximate surface area is 174 Å². The van der Waals surface area contributed by atoms with Crippen LogP contribution in [0.1, 0.15) is 23.6 Å². The number of amidine groups is 1. The maximum absolute atomic E-state index is 12.9. The maximum atomic E-state index is 12.9. The number of ether oxygens (including phenoxy) is 1. The fourth-order valence-electron chi connectivity index (χ4n) is 2.80. The minimum Gasteiger partial charge on any atom is -0.483 e. The number of aliphatic imine (C=N–C) groups is 1. The summed E-state index contributed by atoms with van der Waals surface area (Å²) in [6.07, 6.45) is 1.76. The molecule has 0 atom stereocenters. The predicted octanol–water partition coefficient (Wildman–Crippen LogP) is 3.79. The van der Waals surface area contributed by atoms with E-state index < -0.39 is 5.91 Å². The largest absolute Gasteiger partial charge is 0.483 e. The number of likely N-dealkylation sites (N-methyl/N-ethyl adjacent to an activating group) is 1. The molecule has 0 radical (unpaired) electrons. The first-order valence-electron chi connectivity index (χ1n) is 9.26. The Kier molecular flexibility index (Phi) is 6.39. The fourth-order valence-corrected chi connectivity index (χ4v) is 3.85. The molecule has 1 aliphatic heterocycles. The van der Waals surface area contributed by atoms with E-state index in [1.165, 1.54) is 17.3 Å². The van der Waals surface area contributed by atoms with Gasteiger partial charge >= 0.3 is 0 Å². The zero-order valence-electron chi connectivity index (χ0n) is 16.6. The van der Waals surface area contributed by atoms with Crippen LogP contribution >= 0.6 is 11.8 Å². The number of rotatable bonds is 6. The average molecular weight is 410 g/mol. The molecule has 6 nitrogen and oxygen atoms in total. The molecule has 1 fully saturated rings. The number of thioether (sulfide) groups is 1. The van der Waals surface area contributed by atoms with Gasteiger partial charge in [0.05, 0.1) is 10.6 Å². The lowest BCUT2D eigenvalue weighted by Crippen LogP contribution is -2.28. The second-order valence-electron chi connectivity index (χ2n) is 6.62. The number of carbonyl (C=O) groups is 2. The molecule has 2 aromatic rings. The molecule has 3 rings (SSSR count). The molecule has 150 valence electrons. The SMILES string of the molecule is CCN1C(=O)/C(=C\c2ccccc2OCC(N)=O)SC1=Nc1ccc(C)c(C)c1. The van der Waals surface area contributed by atoms with Crippen LogP contribution in [-0.4, -0.2) is 35.0 Å². The van der Waals surface area contributed by atoms with Gasteiger partial charge in [0.15, 0.2) is 11.8 Å². The van der Waals surface area contributed by atoms with Crippen LogP contribution in [-0.2, 0) is 9.59 Å². The summed E-state index contributed by atoms with van der Waals surface area (Å²) < 4.78 is 5.46. The highest BCUT2D eigenvalue weighted by Crippen LogP contribution is 2.35. The normalized spacial score (nSPS) is 16.7. The van der Waals surface area contributed by atoms with Gasteiger partial charge in [-0.15, -0.1) is 0 Å². The van der Waals surface area contributed by atoms with Gasteiger partial charge in [-0.2, -0.15) is 0 Å². The lowest BCUT2D eigenvalue weighted by Gasteiger charge is -2.12. The standard InChI is InChI=1S/C22H23N3O3S/c1-4-25-21(27)19(12-16-7-5-6-8-18(16)28-13-20(23)26)29-22(25)24-17-10-9-14(2)15(3)11-17/h5-12H,4,13H2,1-3H3,(H2,23,26)/b19-12+,24-22?. The van der Waals surface area contributed by atoms with Crippen LogP contribution in [0.2, 0.25) is 0 Å². The van der Waals surface area contributed by atoms with Crippen molar-refractivity contribution in [3.63, 3.8) is 0 Å². The third-order valence-corrected chi connectivity index (χ3v) is 5.50. The monoisotopic (exact) mass is 409 g/mol. The predicted molar refractivity (Wildman–Crippen MR) is 117 cm³/mol. The van der Waals surface area contributed by atoms with Crippen molar-refractivity contribution in [2.24, 2.45) is 10.7 Å². The third kappa shape index (κ3) is 4.86. The maximum Gasteiger partial charge on any atom is 0.266 e. The molecule has 7 heteroatoms. The molecular weight excluding hydrogens is 386 g/mol. The van der Waals surface area contributed by atoms with Gasteiger partial charge in [-0.1, -0.05) is 24.3 Å². The molecule has 0 unspecified atom stereocenters. The van der Waals surface area contributed by atoms with Crippen molar-refractivity contribution in [3.05, 3.63) is 64.1 Å². The number of hydrogen-bond donors (Lipinski definition) is 1. The third-order valence-electron chi connectivity index (χ3n) is 4.50. The number of aryl methyl sites for hydroxylation is 2. The van der Waals surface area contributed by atoms with Crippen LogP contribution in [0.15, 0.2) is 52.4 Å². The van der Waals surface area contributed by atoms with Crippen molar-refractivity contribution in [1.29, 1.82) is 0 Å². The van der Waals surface area contributed by atoms with Crippen LogP contribution in [0.25, 0.3) is 6.08 Å². The highest BCUT2D eigenvalue weighted by atomic mass is 32.2. The van der Waals surface area contributed by atoms with E-state index >= 15 is 0 Å². The number of nitrogens with two attached hydrogens (primary N) is 1. The highest BCUT2D eigenvalue weighted by molar-refractivity contribution is 8.18. The Morgan fingerprint density at radius 3 is 2.66 bits per heavy atom. The molecule has 1 heterocycles. The van der Waals surface area contributed by atoms with Gasteiger partial charge in [0.25, 0.3) is 11.8 Å². The fraction of sp³-hybridized carbons (Fsp3) is 0.227. The van der Waals surface area contributed by atoms with Crippen molar-refractivity contribution in [3.8, 4) is 5.75 Å². The quantitative estimate of drug-likeness (QED) is 0.736. The topological polar surface area (TPSA) is 85.0 Å². The molecule has 2 amide bonds. The summed E-state index contributed by atoms with van der Waals surface area (Å²) in [5.74, 6) is -0.168. The van der Waals surface area contributed by atoms with Crippen LogP contribution in [0.4, 0.5) is 5.69 Å². The van der Waals surface area contributed by atoms with Gasteiger partial charge in [0, 0.05) is 12.1 Å². The van der Waals surface area contributed by atoms with E-state index in [1.54, 1.807) is 23.1 Å². The summed E-state index contributed by atoms with van der Waals surface area (Å²) in [4.78, 5) is 30.8. The molecule has 1 saturated heterocycles. The smallest absolute Gasteiger partial charge is 0.266 e. The minimum atomic E-state index is -0.557. The molecule has 2 aromatic carbocycles. The highest BCUT2D eigenvalue weighted by Gasteiger charge is 2.32. The van der Waals surface area contributed by atoms with Crippen molar-refractivity contribution in [2.45, 2.75) is 20.8 Å². The van der Waals surface area contributed by atoms with E-state index in [4.69, 9.17) is 10.5 Å². The summed E-state index contributed by atoms with van der Waals surface area (Å²) in [6, 6.07) is 13.2. The van der Waals surface area contributed by atoms with Crippen LogP contribution < -0.4 is 10.5 Å². The average Bonchev–Trinajstić information content (AvgIpc) is 2.98. The molecular formula is C22H23N3O3S. The van der Waals surface area contributed by atoms with E-state index in [0.717, 1.165) is 11.3 Å². The molecule has 0 aromatic heterocycles. The van der Waals surface area contributed by atoms with E-state index in [1.807, 2.05) is 44.2 Å². The number of benzene rings is 2. The Bertz CT molecular complexity index is 1010. The van der Waals surface area contributed by atoms with Gasteiger partial charge in [0.2, 0.25) is 0 Å². The van der Waals surface area contributed by atoms with Gasteiger partial charge in [-0.3, -0.25) is 14.5 Å². The van der Waals surface area contributed by atoms with Crippen molar-refractivity contribution in [2.75, 3.05) is 13.2 Å². The van der Waals surface area contributed by atoms with Crippen molar-refractivity contribution in [1.82, 2.24) is 4.90 Å². The summed E-state index contributed by atoms with van der Waals surface area (Å²) >= 11 is 1.32. The Morgan fingerprint density at radius 2 is 1.97 bits per heavy atom. The Balaban J connectivity index is 1.92. The number of hydrogen-bond acceptors (Lipinski definition) is 5. The summed E-state index contributed by atoms with van der Waals surface area (Å²) in [7, 11) is 0. The molecule has 0 saturated carbocycles. The lowest BCUT2D eigenvalue weighted by molar-refractivity contribution is -0.122. The van der Waals surface area contributed by atoms with Gasteiger partial charge in [-0.25, -0.2) is 4.99 Å². The molecule has 0 aliphatic carbocycles. The molecule has 29 heavy (non-hydrogen) atoms. The minimum absolute atomic E-state index is 0.107. The lowest BCUT2D eigenvalue weighted by atomic mass is 10.1. The number of para-hydroxylation sites is 1. The number of primary amides is 1. The number of amides is 2. The van der Waals surface area contributed by atoms with Crippen LogP contribution in [0.3, 0.4) is 0 Å². The van der Waals surface area contributed by atoms with Crippen molar-refractivity contribution >= 4 is 40.5 Å². The first-order valence-corrected chi connectivity index (χ1v) is 10.1. The van der Waals surface area contributed by atoms with E-state index in [0.29, 0.717) is 27.9 Å². The zero-order valence-corrected chi connectivity index (χ0v) is 17.5. The molecule has 0 bridgehead atoms. The van der Waals surface area contributed by atoms with Gasteiger partial charge in [0.1, 0.15) is 5.75 Å². The molecule has 0 spiro atoms. The summed E-state index contributed by atoms with van der Waals surface area (Å²) in [5.41, 5.74) is 9.03. The van der Waals surface area contributed by atoms with E-state index in [9.17, 15) is 9.59 Å². The Morgan fingerprint density at radius 1 is 1.21 bits per heavy atom. The van der Waals surface area contributed by atoms with Crippen LogP contribution in [0, 0.1) is 13.8 Å². The Hall–Kier alpha value is -3.06. The second kappa shape index (κ2) is 8.96. The van der Waals surface area contributed by atoms with Crippen LogP contribution in [0.5, 0.6) is 5.75 Å². The van der Waals surface area contributed by atoms with E-state index in [-0.39, 0.29) is 12.5 Å². The van der Waals surface area contributed by atoms with Gasteiger partial charge in [-0.05, 0) is 67.9 Å². The zero-order chi connectivity index (χ0) is 21.0. The molecule has 1 aliphatic rings. The molecule has 2 N–H and O–H groups in total. The second-order valence-corrected chi connectivity index (χ2v) is 7.62. The van der Waals surface area contributed by atoms with E-state index in [2.05, 4.69) is 11.9 Å². The summed E-state index contributed by atoms with van der Waals surface area (Å²) in [6.45, 7) is 6.31. The number of carbonyl (C=O) groups excluding carboxylic acids is 2. The first-order chi connectivity index (χ1) is 13.9. The van der Waals surface area contributed by atoms with Gasteiger partial charge < -0.3 is 10.5 Å². The number of nitrogens with zero attached hydrogens (tertiary/aromatic N) is 2. The van der Waals surface area contributed by atoms with Crippen molar-refractivity contribution < 1.29 is 14.3 Å². The first kappa shape index (κ1) is 20.7.